The molecule has 0 spiro atoms. The van der Waals surface area contributed by atoms with E-state index in [-0.39, 0.29) is 23.7 Å². The van der Waals surface area contributed by atoms with Crippen LogP contribution in [0.5, 0.6) is 0 Å². The number of ketones is 1. The number of nitrogens with zero attached hydrogens (tertiary/aromatic N) is 2. The van der Waals surface area contributed by atoms with E-state index in [2.05, 4.69) is 9.72 Å². The molecule has 1 aromatic rings. The van der Waals surface area contributed by atoms with Crippen molar-refractivity contribution in [2.45, 2.75) is 19.1 Å². The van der Waals surface area contributed by atoms with Gasteiger partial charge in [0.15, 0.2) is 16.6 Å². The summed E-state index contributed by atoms with van der Waals surface area (Å²) in [5.41, 5.74) is 0.0693. The molecule has 0 saturated carbocycles. The largest absolute Gasteiger partial charge is 0.464 e. The summed E-state index contributed by atoms with van der Waals surface area (Å²) >= 11 is 1.19. The number of anilines is 1. The minimum absolute atomic E-state index is 0.0683. The molecular weight excluding hydrogens is 296 g/mol. The Hall–Kier alpha value is -1.51. The number of rotatable bonds is 5. The lowest BCUT2D eigenvalue weighted by Gasteiger charge is -2.13. The number of ether oxygens (including phenoxy) is 3. The average molecular weight is 314 g/mol. The molecule has 1 fully saturated rings. The van der Waals surface area contributed by atoms with Crippen molar-refractivity contribution >= 4 is 28.2 Å². The zero-order chi connectivity index (χ0) is 15.6. The first-order valence-corrected chi connectivity index (χ1v) is 7.24. The quantitative estimate of drug-likeness (QED) is 0.592. The molecule has 8 heteroatoms. The van der Waals surface area contributed by atoms with Crippen LogP contribution < -0.4 is 4.90 Å². The lowest BCUT2D eigenvalue weighted by Crippen LogP contribution is -2.27. The standard InChI is InChI=1S/C13H18N2O5S/c1-7(16)11-10(12(17)20-4)14-13(21-11)15-5-8(18-2)9(6-15)19-3/h8-9H,5-6H2,1-4H3. The van der Waals surface area contributed by atoms with Gasteiger partial charge in [0, 0.05) is 34.2 Å². The van der Waals surface area contributed by atoms with Gasteiger partial charge in [0.2, 0.25) is 0 Å². The Morgan fingerprint density at radius 3 is 2.19 bits per heavy atom. The fraction of sp³-hybridized carbons (Fsp3) is 0.615. The molecule has 0 radical (unpaired) electrons. The van der Waals surface area contributed by atoms with E-state index >= 15 is 0 Å². The van der Waals surface area contributed by atoms with Crippen LogP contribution in [-0.2, 0) is 14.2 Å². The molecule has 2 rings (SSSR count). The molecule has 1 aliphatic heterocycles. The number of hydrogen-bond donors (Lipinski definition) is 0. The van der Waals surface area contributed by atoms with E-state index in [1.807, 2.05) is 4.90 Å². The summed E-state index contributed by atoms with van der Waals surface area (Å²) < 4.78 is 15.4. The maximum Gasteiger partial charge on any atom is 0.358 e. The number of methoxy groups -OCH3 is 3. The van der Waals surface area contributed by atoms with E-state index in [1.165, 1.54) is 25.4 Å². The molecule has 2 heterocycles. The number of esters is 1. The lowest BCUT2D eigenvalue weighted by molar-refractivity contribution is -0.00461. The Morgan fingerprint density at radius 2 is 1.76 bits per heavy atom. The summed E-state index contributed by atoms with van der Waals surface area (Å²) in [4.78, 5) is 29.9. The van der Waals surface area contributed by atoms with Crippen molar-refractivity contribution in [3.63, 3.8) is 0 Å². The zero-order valence-electron chi connectivity index (χ0n) is 12.4. The fourth-order valence-electron chi connectivity index (χ4n) is 2.27. The Kier molecular flexibility index (Phi) is 4.92. The number of thiazole rings is 1. The number of carbonyl (C=O) groups is 2. The minimum Gasteiger partial charge on any atom is -0.464 e. The van der Waals surface area contributed by atoms with Gasteiger partial charge in [-0.3, -0.25) is 4.79 Å². The molecule has 0 N–H and O–H groups in total. The van der Waals surface area contributed by atoms with Crippen LogP contribution in [0.15, 0.2) is 0 Å². The molecule has 1 aliphatic rings. The van der Waals surface area contributed by atoms with Crippen molar-refractivity contribution < 1.29 is 23.8 Å². The SMILES string of the molecule is COC(=O)c1nc(N2CC(OC)C(OC)C2)sc1C(C)=O. The number of aromatic nitrogens is 1. The zero-order valence-corrected chi connectivity index (χ0v) is 13.2. The van der Waals surface area contributed by atoms with E-state index in [0.29, 0.717) is 23.1 Å². The van der Waals surface area contributed by atoms with E-state index in [1.54, 1.807) is 14.2 Å². The van der Waals surface area contributed by atoms with Gasteiger partial charge >= 0.3 is 5.97 Å². The van der Waals surface area contributed by atoms with E-state index in [0.717, 1.165) is 0 Å². The molecule has 2 unspecified atom stereocenters. The molecule has 0 amide bonds. The predicted octanol–water partition coefficient (Wildman–Crippen LogP) is 0.982. The Labute approximate surface area is 126 Å². The molecule has 1 saturated heterocycles. The Balaban J connectivity index is 2.29. The lowest BCUT2D eigenvalue weighted by atomic mass is 10.3. The average Bonchev–Trinajstić information content (AvgIpc) is 3.09. The van der Waals surface area contributed by atoms with Crippen LogP contribution in [0.3, 0.4) is 0 Å². The summed E-state index contributed by atoms with van der Waals surface area (Å²) in [6.07, 6.45) is -0.137. The highest BCUT2D eigenvalue weighted by atomic mass is 32.1. The van der Waals surface area contributed by atoms with E-state index in [4.69, 9.17) is 9.47 Å². The normalized spacial score (nSPS) is 21.6. The second kappa shape index (κ2) is 6.50. The first-order valence-electron chi connectivity index (χ1n) is 6.42. The van der Waals surface area contributed by atoms with Gasteiger partial charge in [0.25, 0.3) is 0 Å². The van der Waals surface area contributed by atoms with Gasteiger partial charge < -0.3 is 19.1 Å². The summed E-state index contributed by atoms with van der Waals surface area (Å²) in [7, 11) is 4.52. The van der Waals surface area contributed by atoms with Crippen LogP contribution in [-0.4, -0.2) is 63.4 Å². The Morgan fingerprint density at radius 1 is 1.19 bits per heavy atom. The maximum atomic E-state index is 11.7. The van der Waals surface area contributed by atoms with Gasteiger partial charge in [-0.25, -0.2) is 9.78 Å². The van der Waals surface area contributed by atoms with Crippen LogP contribution >= 0.6 is 11.3 Å². The van der Waals surface area contributed by atoms with Gasteiger partial charge in [-0.15, -0.1) is 0 Å². The molecule has 21 heavy (non-hydrogen) atoms. The molecule has 116 valence electrons. The smallest absolute Gasteiger partial charge is 0.358 e. The highest BCUT2D eigenvalue weighted by molar-refractivity contribution is 7.17. The summed E-state index contributed by atoms with van der Waals surface area (Å²) in [5, 5.41) is 0.599. The third kappa shape index (κ3) is 3.07. The Bertz CT molecular complexity index is 533. The third-order valence-corrected chi connectivity index (χ3v) is 4.62. The summed E-state index contributed by atoms with van der Waals surface area (Å²) in [6, 6.07) is 0. The van der Waals surface area contributed by atoms with E-state index in [9.17, 15) is 9.59 Å². The van der Waals surface area contributed by atoms with E-state index < -0.39 is 5.97 Å². The highest BCUT2D eigenvalue weighted by Gasteiger charge is 2.35. The van der Waals surface area contributed by atoms with Crippen molar-refractivity contribution in [2.75, 3.05) is 39.3 Å². The summed E-state index contributed by atoms with van der Waals surface area (Å²) in [6.45, 7) is 2.60. The molecular formula is C13H18N2O5S. The molecule has 0 aliphatic carbocycles. The molecule has 7 nitrogen and oxygen atoms in total. The number of Topliss-reactive ketones (excluding diaryl/α,β-unsaturated/α-hetero) is 1. The van der Waals surface area contributed by atoms with Crippen LogP contribution in [0.1, 0.15) is 27.1 Å². The highest BCUT2D eigenvalue weighted by Crippen LogP contribution is 2.31. The molecule has 0 bridgehead atoms. The van der Waals surface area contributed by atoms with Crippen LogP contribution in [0.25, 0.3) is 0 Å². The van der Waals surface area contributed by atoms with Gasteiger partial charge in [-0.2, -0.15) is 0 Å². The van der Waals surface area contributed by atoms with Crippen LogP contribution in [0.4, 0.5) is 5.13 Å². The topological polar surface area (TPSA) is 78.0 Å². The van der Waals surface area contributed by atoms with Crippen molar-refractivity contribution in [2.24, 2.45) is 0 Å². The first kappa shape index (κ1) is 15.9. The minimum atomic E-state index is -0.603. The van der Waals surface area contributed by atoms with Gasteiger partial charge in [-0.05, 0) is 0 Å². The van der Waals surface area contributed by atoms with Gasteiger partial charge in [0.1, 0.15) is 17.1 Å². The monoisotopic (exact) mass is 314 g/mol. The summed E-state index contributed by atoms with van der Waals surface area (Å²) in [5.74, 6) is -0.807. The second-order valence-corrected chi connectivity index (χ2v) is 5.65. The predicted molar refractivity (Wildman–Crippen MR) is 77.3 cm³/mol. The number of hydrogen-bond acceptors (Lipinski definition) is 8. The van der Waals surface area contributed by atoms with Crippen molar-refractivity contribution in [1.29, 1.82) is 0 Å². The second-order valence-electron chi connectivity index (χ2n) is 4.68. The van der Waals surface area contributed by atoms with Crippen molar-refractivity contribution in [3.8, 4) is 0 Å². The molecule has 2 atom stereocenters. The maximum absolute atomic E-state index is 11.7. The molecule has 1 aromatic heterocycles. The third-order valence-electron chi connectivity index (χ3n) is 3.41. The van der Waals surface area contributed by atoms with Crippen LogP contribution in [0.2, 0.25) is 0 Å². The van der Waals surface area contributed by atoms with Crippen molar-refractivity contribution in [1.82, 2.24) is 4.98 Å². The van der Waals surface area contributed by atoms with Gasteiger partial charge in [0.05, 0.1) is 7.11 Å². The fourth-order valence-corrected chi connectivity index (χ4v) is 3.24. The van der Waals surface area contributed by atoms with Crippen molar-refractivity contribution in [3.05, 3.63) is 10.6 Å². The van der Waals surface area contributed by atoms with Crippen LogP contribution in [0, 0.1) is 0 Å². The first-order chi connectivity index (χ1) is 10.0. The molecule has 0 aromatic carbocycles. The van der Waals surface area contributed by atoms with Gasteiger partial charge in [-0.1, -0.05) is 11.3 Å². The number of carbonyl (C=O) groups excluding carboxylic acids is 2.